The highest BCUT2D eigenvalue weighted by Crippen LogP contribution is 2.16. The summed E-state index contributed by atoms with van der Waals surface area (Å²) in [5.41, 5.74) is 2.70. The van der Waals surface area contributed by atoms with E-state index in [1.54, 1.807) is 7.11 Å². The van der Waals surface area contributed by atoms with Crippen LogP contribution in [0.15, 0.2) is 18.2 Å². The van der Waals surface area contributed by atoms with Gasteiger partial charge in [0.2, 0.25) is 5.91 Å². The van der Waals surface area contributed by atoms with Crippen molar-refractivity contribution in [2.45, 2.75) is 32.7 Å². The quantitative estimate of drug-likeness (QED) is 0.605. The van der Waals surface area contributed by atoms with Gasteiger partial charge in [-0.25, -0.2) is 0 Å². The van der Waals surface area contributed by atoms with Crippen molar-refractivity contribution in [1.82, 2.24) is 5.32 Å². The van der Waals surface area contributed by atoms with Gasteiger partial charge in [0.15, 0.2) is 0 Å². The first kappa shape index (κ1) is 18.1. The Morgan fingerprint density at radius 1 is 1.32 bits per heavy atom. The molecule has 1 amide bonds. The van der Waals surface area contributed by atoms with Crippen LogP contribution in [0.5, 0.6) is 0 Å². The van der Waals surface area contributed by atoms with Crippen molar-refractivity contribution in [2.24, 2.45) is 0 Å². The van der Waals surface area contributed by atoms with E-state index in [9.17, 15) is 9.59 Å². The smallest absolute Gasteiger partial charge is 0.321 e. The molecule has 1 unspecified atom stereocenters. The van der Waals surface area contributed by atoms with Gasteiger partial charge in [0.1, 0.15) is 6.04 Å². The number of carbonyl (C=O) groups excluding carboxylic acids is 1. The predicted molar refractivity (Wildman–Crippen MR) is 85.1 cm³/mol. The summed E-state index contributed by atoms with van der Waals surface area (Å²) < 4.78 is 4.90. The highest BCUT2D eigenvalue weighted by atomic mass is 16.5. The molecule has 0 saturated heterocycles. The van der Waals surface area contributed by atoms with Crippen LogP contribution in [-0.2, 0) is 14.3 Å². The van der Waals surface area contributed by atoms with Crippen LogP contribution in [0.3, 0.4) is 0 Å². The number of benzene rings is 1. The maximum absolute atomic E-state index is 12.0. The average Bonchev–Trinajstić information content (AvgIpc) is 2.46. The molecule has 1 aromatic carbocycles. The number of aliphatic carboxylic acids is 1. The Balaban J connectivity index is 2.56. The summed E-state index contributed by atoms with van der Waals surface area (Å²) >= 11 is 0. The van der Waals surface area contributed by atoms with Gasteiger partial charge in [-0.05, 0) is 44.0 Å². The van der Waals surface area contributed by atoms with Crippen LogP contribution in [0.2, 0.25) is 0 Å². The molecule has 3 N–H and O–H groups in total. The van der Waals surface area contributed by atoms with Crippen molar-refractivity contribution < 1.29 is 19.4 Å². The molecule has 22 heavy (non-hydrogen) atoms. The molecular formula is C16H24N2O4. The summed E-state index contributed by atoms with van der Waals surface area (Å²) in [6.45, 7) is 4.87. The molecule has 122 valence electrons. The fourth-order valence-electron chi connectivity index (χ4n) is 2.00. The number of aryl methyl sites for hydroxylation is 2. The van der Waals surface area contributed by atoms with Crippen LogP contribution >= 0.6 is 0 Å². The van der Waals surface area contributed by atoms with Crippen molar-refractivity contribution in [3.8, 4) is 0 Å². The zero-order valence-electron chi connectivity index (χ0n) is 13.3. The average molecular weight is 308 g/mol. The number of carboxylic acid groups (broad SMARTS) is 1. The van der Waals surface area contributed by atoms with Gasteiger partial charge in [-0.3, -0.25) is 9.59 Å². The van der Waals surface area contributed by atoms with Crippen LogP contribution in [0.4, 0.5) is 5.69 Å². The number of rotatable bonds is 9. The Bertz CT molecular complexity index is 517. The lowest BCUT2D eigenvalue weighted by Crippen LogP contribution is -2.40. The number of methoxy groups -OCH3 is 1. The van der Waals surface area contributed by atoms with E-state index in [0.29, 0.717) is 25.3 Å². The Morgan fingerprint density at radius 2 is 2.05 bits per heavy atom. The number of carboxylic acids is 1. The molecule has 1 aromatic rings. The number of hydrogen-bond acceptors (Lipinski definition) is 4. The number of nitrogens with one attached hydrogen (secondary N) is 2. The third kappa shape index (κ3) is 6.24. The summed E-state index contributed by atoms with van der Waals surface area (Å²) in [5, 5.41) is 14.8. The first-order chi connectivity index (χ1) is 10.4. The van der Waals surface area contributed by atoms with Gasteiger partial charge in [-0.15, -0.1) is 0 Å². The van der Waals surface area contributed by atoms with E-state index in [1.807, 2.05) is 32.0 Å². The van der Waals surface area contributed by atoms with Crippen LogP contribution < -0.4 is 10.6 Å². The highest BCUT2D eigenvalue weighted by molar-refractivity contribution is 5.94. The van der Waals surface area contributed by atoms with E-state index in [2.05, 4.69) is 10.6 Å². The topological polar surface area (TPSA) is 87.7 Å². The first-order valence-corrected chi connectivity index (χ1v) is 7.26. The number of carbonyl (C=O) groups is 2. The Labute approximate surface area is 130 Å². The number of hydrogen-bond donors (Lipinski definition) is 3. The standard InChI is InChI=1S/C16H24N2O4/c1-11-5-6-12(2)13(9-11)18-15(19)10-14(16(20)21)17-7-4-8-22-3/h5-6,9,14,17H,4,7-8,10H2,1-3H3,(H,18,19)(H,20,21). The van der Waals surface area contributed by atoms with E-state index in [1.165, 1.54) is 0 Å². The molecule has 1 atom stereocenters. The van der Waals surface area contributed by atoms with E-state index < -0.39 is 12.0 Å². The van der Waals surface area contributed by atoms with Crippen molar-refractivity contribution in [2.75, 3.05) is 25.6 Å². The highest BCUT2D eigenvalue weighted by Gasteiger charge is 2.20. The second kappa shape index (κ2) is 9.17. The lowest BCUT2D eigenvalue weighted by Gasteiger charge is -2.15. The molecule has 0 aliphatic rings. The zero-order valence-corrected chi connectivity index (χ0v) is 13.3. The maximum atomic E-state index is 12.0. The fourth-order valence-corrected chi connectivity index (χ4v) is 2.00. The summed E-state index contributed by atoms with van der Waals surface area (Å²) in [6, 6.07) is 4.85. The Hall–Kier alpha value is -1.92. The molecule has 0 aromatic heterocycles. The number of ether oxygens (including phenoxy) is 1. The Kier molecular flexibility index (Phi) is 7.56. The van der Waals surface area contributed by atoms with Gasteiger partial charge in [-0.1, -0.05) is 12.1 Å². The largest absolute Gasteiger partial charge is 0.480 e. The molecule has 1 rings (SSSR count). The molecule has 0 saturated carbocycles. The van der Waals surface area contributed by atoms with E-state index in [4.69, 9.17) is 9.84 Å². The first-order valence-electron chi connectivity index (χ1n) is 7.26. The fraction of sp³-hybridized carbons (Fsp3) is 0.500. The normalized spacial score (nSPS) is 12.0. The molecule has 0 spiro atoms. The second-order valence-electron chi connectivity index (χ2n) is 5.26. The minimum absolute atomic E-state index is 0.115. The van der Waals surface area contributed by atoms with Crippen molar-refractivity contribution >= 4 is 17.6 Å². The summed E-state index contributed by atoms with van der Waals surface area (Å²) in [4.78, 5) is 23.2. The van der Waals surface area contributed by atoms with Gasteiger partial charge in [0.25, 0.3) is 0 Å². The summed E-state index contributed by atoms with van der Waals surface area (Å²) in [6.07, 6.45) is 0.578. The van der Waals surface area contributed by atoms with Crippen molar-refractivity contribution in [1.29, 1.82) is 0 Å². The third-order valence-electron chi connectivity index (χ3n) is 3.27. The molecule has 0 fully saturated rings. The molecule has 0 radical (unpaired) electrons. The minimum Gasteiger partial charge on any atom is -0.480 e. The van der Waals surface area contributed by atoms with E-state index in [0.717, 1.165) is 11.1 Å². The maximum Gasteiger partial charge on any atom is 0.321 e. The SMILES string of the molecule is COCCCNC(CC(=O)Nc1cc(C)ccc1C)C(=O)O. The summed E-state index contributed by atoms with van der Waals surface area (Å²) in [5.74, 6) is -1.35. The van der Waals surface area contributed by atoms with Crippen LogP contribution in [0.25, 0.3) is 0 Å². The van der Waals surface area contributed by atoms with E-state index in [-0.39, 0.29) is 12.3 Å². The predicted octanol–water partition coefficient (Wildman–Crippen LogP) is 1.71. The zero-order chi connectivity index (χ0) is 16.5. The van der Waals surface area contributed by atoms with Crippen LogP contribution in [0.1, 0.15) is 24.0 Å². The molecule has 6 heteroatoms. The minimum atomic E-state index is -1.03. The van der Waals surface area contributed by atoms with Crippen LogP contribution in [0, 0.1) is 13.8 Å². The van der Waals surface area contributed by atoms with Crippen molar-refractivity contribution in [3.05, 3.63) is 29.3 Å². The monoisotopic (exact) mass is 308 g/mol. The van der Waals surface area contributed by atoms with Gasteiger partial charge in [-0.2, -0.15) is 0 Å². The number of anilines is 1. The molecule has 0 bridgehead atoms. The van der Waals surface area contributed by atoms with Crippen molar-refractivity contribution in [3.63, 3.8) is 0 Å². The molecule has 6 nitrogen and oxygen atoms in total. The lowest BCUT2D eigenvalue weighted by molar-refractivity contribution is -0.141. The second-order valence-corrected chi connectivity index (χ2v) is 5.26. The third-order valence-corrected chi connectivity index (χ3v) is 3.27. The Morgan fingerprint density at radius 3 is 2.68 bits per heavy atom. The van der Waals surface area contributed by atoms with Gasteiger partial charge >= 0.3 is 5.97 Å². The van der Waals surface area contributed by atoms with Crippen LogP contribution in [-0.4, -0.2) is 43.3 Å². The molecule has 0 heterocycles. The van der Waals surface area contributed by atoms with Gasteiger partial charge < -0.3 is 20.5 Å². The summed E-state index contributed by atoms with van der Waals surface area (Å²) in [7, 11) is 1.59. The molecular weight excluding hydrogens is 284 g/mol. The van der Waals surface area contributed by atoms with Gasteiger partial charge in [0.05, 0.1) is 6.42 Å². The number of amides is 1. The molecule has 0 aliphatic carbocycles. The van der Waals surface area contributed by atoms with Gasteiger partial charge in [0, 0.05) is 19.4 Å². The molecule has 0 aliphatic heterocycles. The lowest BCUT2D eigenvalue weighted by atomic mass is 10.1. The van der Waals surface area contributed by atoms with E-state index >= 15 is 0 Å².